The molecule has 0 unspecified atom stereocenters. The molecule has 0 amide bonds. The van der Waals surface area contributed by atoms with E-state index in [1.165, 1.54) is 18.2 Å². The quantitative estimate of drug-likeness (QED) is 0.282. The first-order chi connectivity index (χ1) is 8.00. The second-order valence-electron chi connectivity index (χ2n) is 3.02. The summed E-state index contributed by atoms with van der Waals surface area (Å²) in [6, 6.07) is 5.77. The fourth-order valence-corrected chi connectivity index (χ4v) is 1.04. The molecule has 7 heteroatoms. The molecule has 0 aliphatic heterocycles. The average molecular weight is 237 g/mol. The maximum atomic E-state index is 11.3. The third-order valence-electron chi connectivity index (χ3n) is 1.73. The topological polar surface area (TPSA) is 128 Å². The summed E-state index contributed by atoms with van der Waals surface area (Å²) in [6.45, 7) is -0.365. The zero-order chi connectivity index (χ0) is 12.8. The molecule has 5 N–H and O–H groups in total. The summed E-state index contributed by atoms with van der Waals surface area (Å²) in [5.74, 6) is -2.22. The molecule has 17 heavy (non-hydrogen) atoms. The Bertz CT molecular complexity index is 466. The minimum absolute atomic E-state index is 0.0456. The molecular formula is C10H11N3O4. The molecule has 0 aromatic heterocycles. The summed E-state index contributed by atoms with van der Waals surface area (Å²) in [5, 5.41) is 8.84. The minimum Gasteiger partial charge on any atom is -0.478 e. The lowest BCUT2D eigenvalue weighted by Gasteiger charge is -2.05. The van der Waals surface area contributed by atoms with E-state index in [1.807, 2.05) is 0 Å². The average Bonchev–Trinajstić information content (AvgIpc) is 2.27. The van der Waals surface area contributed by atoms with Gasteiger partial charge in [-0.15, -0.1) is 0 Å². The zero-order valence-corrected chi connectivity index (χ0v) is 8.79. The Labute approximate surface area is 96.7 Å². The Balaban J connectivity index is 2.78. The van der Waals surface area contributed by atoms with Gasteiger partial charge in [0.2, 0.25) is 0 Å². The summed E-state index contributed by atoms with van der Waals surface area (Å²) in [6.07, 6.45) is 0. The third kappa shape index (κ3) is 3.82. The van der Waals surface area contributed by atoms with Crippen LogP contribution in [-0.2, 0) is 4.79 Å². The van der Waals surface area contributed by atoms with Crippen LogP contribution in [0.25, 0.3) is 0 Å². The van der Waals surface area contributed by atoms with Gasteiger partial charge in [0.15, 0.2) is 5.96 Å². The number of guanidine groups is 1. The molecule has 0 saturated heterocycles. The van der Waals surface area contributed by atoms with Crippen molar-refractivity contribution < 1.29 is 19.4 Å². The van der Waals surface area contributed by atoms with Crippen LogP contribution in [0.1, 0.15) is 10.4 Å². The molecule has 0 saturated carbocycles. The van der Waals surface area contributed by atoms with Crippen molar-refractivity contribution in [1.29, 1.82) is 0 Å². The predicted octanol–water partition coefficient (Wildman–Crippen LogP) is -0.436. The number of benzene rings is 1. The van der Waals surface area contributed by atoms with Crippen LogP contribution in [0.5, 0.6) is 5.75 Å². The highest BCUT2D eigenvalue weighted by Gasteiger charge is 2.13. The van der Waals surface area contributed by atoms with E-state index in [9.17, 15) is 9.59 Å². The summed E-state index contributed by atoms with van der Waals surface area (Å²) in [7, 11) is 0. The Morgan fingerprint density at radius 3 is 2.53 bits per heavy atom. The lowest BCUT2D eigenvalue weighted by molar-refractivity contribution is -0.132. The van der Waals surface area contributed by atoms with Crippen molar-refractivity contribution in [2.24, 2.45) is 16.5 Å². The van der Waals surface area contributed by atoms with Crippen LogP contribution >= 0.6 is 0 Å². The van der Waals surface area contributed by atoms with Gasteiger partial charge in [-0.25, -0.2) is 14.6 Å². The largest absolute Gasteiger partial charge is 0.478 e. The van der Waals surface area contributed by atoms with E-state index < -0.39 is 11.9 Å². The van der Waals surface area contributed by atoms with Crippen molar-refractivity contribution in [3.05, 3.63) is 29.8 Å². The summed E-state index contributed by atoms with van der Waals surface area (Å²) >= 11 is 0. The Morgan fingerprint density at radius 1 is 1.29 bits per heavy atom. The highest BCUT2D eigenvalue weighted by Crippen LogP contribution is 2.17. The number of nitrogens with zero attached hydrogens (tertiary/aromatic N) is 1. The molecule has 1 aromatic rings. The number of carbonyl (C=O) groups is 2. The maximum absolute atomic E-state index is 11.3. The van der Waals surface area contributed by atoms with Gasteiger partial charge in [0.25, 0.3) is 0 Å². The van der Waals surface area contributed by atoms with Gasteiger partial charge in [-0.3, -0.25) is 0 Å². The molecular weight excluding hydrogens is 226 g/mol. The van der Waals surface area contributed by atoms with E-state index in [-0.39, 0.29) is 23.8 Å². The predicted molar refractivity (Wildman–Crippen MR) is 59.7 cm³/mol. The Morgan fingerprint density at radius 2 is 1.94 bits per heavy atom. The van der Waals surface area contributed by atoms with Crippen LogP contribution in [0.2, 0.25) is 0 Å². The molecule has 0 atom stereocenters. The molecule has 0 aliphatic carbocycles. The van der Waals surface area contributed by atoms with Gasteiger partial charge in [0.1, 0.15) is 17.9 Å². The van der Waals surface area contributed by atoms with Gasteiger partial charge in [-0.2, -0.15) is 0 Å². The summed E-state index contributed by atoms with van der Waals surface area (Å²) < 4.78 is 4.82. The van der Waals surface area contributed by atoms with Gasteiger partial charge in [-0.05, 0) is 12.1 Å². The number of carboxylic acids is 1. The zero-order valence-electron chi connectivity index (χ0n) is 8.79. The van der Waals surface area contributed by atoms with Gasteiger partial charge in [0, 0.05) is 0 Å². The molecule has 0 heterocycles. The highest BCUT2D eigenvalue weighted by atomic mass is 16.5. The number of esters is 1. The number of rotatable bonds is 4. The van der Waals surface area contributed by atoms with Crippen LogP contribution in [0, 0.1) is 0 Å². The van der Waals surface area contributed by atoms with Crippen molar-refractivity contribution in [2.75, 3.05) is 6.54 Å². The molecule has 0 spiro atoms. The van der Waals surface area contributed by atoms with E-state index >= 15 is 0 Å². The molecule has 90 valence electrons. The summed E-state index contributed by atoms with van der Waals surface area (Å²) in [5.41, 5.74) is 9.97. The lowest BCUT2D eigenvalue weighted by Crippen LogP contribution is -2.25. The van der Waals surface area contributed by atoms with Crippen LogP contribution in [0.3, 0.4) is 0 Å². The number of hydrogen-bond donors (Lipinski definition) is 3. The fraction of sp³-hybridized carbons (Fsp3) is 0.100. The fourth-order valence-electron chi connectivity index (χ4n) is 1.04. The van der Waals surface area contributed by atoms with Crippen LogP contribution in [0.4, 0.5) is 0 Å². The Kier molecular flexibility index (Phi) is 4.04. The van der Waals surface area contributed by atoms with Crippen LogP contribution in [-0.4, -0.2) is 29.5 Å². The molecule has 0 aliphatic rings. The standard InChI is InChI=1S/C10H11N3O4/c11-10(12)13-5-8(14)17-7-4-2-1-3-6(7)9(15)16/h1-4H,5H2,(H,15,16)(H4,11,12,13). The molecule has 1 rings (SSSR count). The molecule has 1 aromatic carbocycles. The third-order valence-corrected chi connectivity index (χ3v) is 1.73. The van der Waals surface area contributed by atoms with Crippen molar-refractivity contribution in [2.45, 2.75) is 0 Å². The normalized spacial score (nSPS) is 9.41. The highest BCUT2D eigenvalue weighted by molar-refractivity contribution is 5.92. The van der Waals surface area contributed by atoms with E-state index in [2.05, 4.69) is 4.99 Å². The van der Waals surface area contributed by atoms with Gasteiger partial charge in [-0.1, -0.05) is 12.1 Å². The number of nitrogens with two attached hydrogens (primary N) is 2. The first kappa shape index (κ1) is 12.5. The molecule has 0 radical (unpaired) electrons. The number of aromatic carboxylic acids is 1. The Hall–Kier alpha value is -2.57. The van der Waals surface area contributed by atoms with Crippen molar-refractivity contribution in [1.82, 2.24) is 0 Å². The SMILES string of the molecule is NC(N)=NCC(=O)Oc1ccccc1C(=O)O. The van der Waals surface area contributed by atoms with Crippen LogP contribution < -0.4 is 16.2 Å². The number of aliphatic imine (C=N–C) groups is 1. The van der Waals surface area contributed by atoms with Gasteiger partial charge in [0.05, 0.1) is 0 Å². The maximum Gasteiger partial charge on any atom is 0.339 e. The monoisotopic (exact) mass is 237 g/mol. The van der Waals surface area contributed by atoms with E-state index in [0.29, 0.717) is 0 Å². The number of ether oxygens (including phenoxy) is 1. The van der Waals surface area contributed by atoms with E-state index in [4.69, 9.17) is 21.3 Å². The van der Waals surface area contributed by atoms with Gasteiger partial charge >= 0.3 is 11.9 Å². The van der Waals surface area contributed by atoms with E-state index in [0.717, 1.165) is 0 Å². The number of para-hydroxylation sites is 1. The molecule has 7 nitrogen and oxygen atoms in total. The number of carbonyl (C=O) groups excluding carboxylic acids is 1. The number of carboxylic acid groups (broad SMARTS) is 1. The van der Waals surface area contributed by atoms with Crippen LogP contribution in [0.15, 0.2) is 29.3 Å². The first-order valence-electron chi connectivity index (χ1n) is 4.59. The number of hydrogen-bond acceptors (Lipinski definition) is 4. The van der Waals surface area contributed by atoms with Gasteiger partial charge < -0.3 is 21.3 Å². The second-order valence-corrected chi connectivity index (χ2v) is 3.02. The van der Waals surface area contributed by atoms with Crippen molar-refractivity contribution >= 4 is 17.9 Å². The minimum atomic E-state index is -1.18. The first-order valence-corrected chi connectivity index (χ1v) is 4.59. The molecule has 0 bridgehead atoms. The van der Waals surface area contributed by atoms with Crippen molar-refractivity contribution in [3.8, 4) is 5.75 Å². The lowest BCUT2D eigenvalue weighted by atomic mass is 10.2. The molecule has 0 fully saturated rings. The van der Waals surface area contributed by atoms with E-state index in [1.54, 1.807) is 6.07 Å². The summed E-state index contributed by atoms with van der Waals surface area (Å²) in [4.78, 5) is 25.5. The second kappa shape index (κ2) is 5.50. The van der Waals surface area contributed by atoms with Crippen molar-refractivity contribution in [3.63, 3.8) is 0 Å². The smallest absolute Gasteiger partial charge is 0.339 e.